The van der Waals surface area contributed by atoms with Gasteiger partial charge >= 0.3 is 8.25 Å². The maximum absolute atomic E-state index is 9.60. The average molecular weight is 178 g/mol. The van der Waals surface area contributed by atoms with Crippen molar-refractivity contribution < 1.29 is 23.7 Å². The summed E-state index contributed by atoms with van der Waals surface area (Å²) in [7, 11) is -5.51. The molecule has 0 rings (SSSR count). The molecule has 2 atom stereocenters. The normalized spacial score (nSPS) is 17.8. The van der Waals surface area contributed by atoms with Gasteiger partial charge in [-0.3, -0.25) is 4.57 Å². The van der Waals surface area contributed by atoms with Gasteiger partial charge in [-0.05, 0) is 11.8 Å². The number of hydrogen-bond donors (Lipinski definition) is 2. The molecule has 8 heteroatoms. The Kier molecular flexibility index (Phi) is 5.00. The first-order valence-electron chi connectivity index (χ1n) is 1.43. The molecule has 2 unspecified atom stereocenters. The van der Waals surface area contributed by atoms with E-state index < -0.39 is 15.4 Å². The van der Waals surface area contributed by atoms with E-state index >= 15 is 0 Å². The van der Waals surface area contributed by atoms with Crippen molar-refractivity contribution in [1.29, 1.82) is 0 Å². The minimum atomic E-state index is -3.10. The highest BCUT2D eigenvalue weighted by Gasteiger charge is 1.91. The standard InChI is InChI=1S/H4O5P2S/c1-6(2)4-5-7(3)8/h6-7H,(H,1,2)(H,3,8). The quantitative estimate of drug-likeness (QED) is 0.354. The molecule has 0 radical (unpaired) electrons. The molecule has 50 valence electrons. The highest BCUT2D eigenvalue weighted by atomic mass is 32.4. The van der Waals surface area contributed by atoms with Gasteiger partial charge in [-0.15, -0.1) is 4.67 Å². The van der Waals surface area contributed by atoms with E-state index in [2.05, 4.69) is 21.2 Å². The summed E-state index contributed by atoms with van der Waals surface area (Å²) < 4.78 is 17.0. The van der Waals surface area contributed by atoms with E-state index in [4.69, 9.17) is 9.79 Å². The molecule has 0 aliphatic heterocycles. The van der Waals surface area contributed by atoms with Crippen LogP contribution in [0.2, 0.25) is 0 Å². The summed E-state index contributed by atoms with van der Waals surface area (Å²) in [4.78, 5) is 16.0. The second-order valence-corrected chi connectivity index (χ2v) is 3.14. The fourth-order valence-electron chi connectivity index (χ4n) is 0.0713. The number of rotatable bonds is 3. The monoisotopic (exact) mass is 178 g/mol. The molecule has 5 nitrogen and oxygen atoms in total. The van der Waals surface area contributed by atoms with E-state index in [1.54, 1.807) is 0 Å². The molecule has 8 heavy (non-hydrogen) atoms. The van der Waals surface area contributed by atoms with Crippen molar-refractivity contribution in [3.05, 3.63) is 0 Å². The minimum Gasteiger partial charge on any atom is -0.345 e. The van der Waals surface area contributed by atoms with Crippen LogP contribution in [-0.2, 0) is 25.7 Å². The smallest absolute Gasteiger partial charge is 0.345 e. The van der Waals surface area contributed by atoms with E-state index in [9.17, 15) is 4.57 Å². The molecule has 2 N–H and O–H groups in total. The maximum atomic E-state index is 9.60. The lowest BCUT2D eigenvalue weighted by Gasteiger charge is -1.93. The Morgan fingerprint density at radius 1 is 1.38 bits per heavy atom. The summed E-state index contributed by atoms with van der Waals surface area (Å²) in [5.41, 5.74) is 0. The Morgan fingerprint density at radius 2 is 1.88 bits per heavy atom. The van der Waals surface area contributed by atoms with Gasteiger partial charge in [0.1, 0.15) is 0 Å². The first-order chi connectivity index (χ1) is 3.63. The zero-order valence-electron chi connectivity index (χ0n) is 3.53. The summed E-state index contributed by atoms with van der Waals surface area (Å²) in [6.07, 6.45) is 0. The van der Waals surface area contributed by atoms with Gasteiger partial charge in [0.25, 0.3) is 0 Å². The SMILES string of the molecule is O=[PH](O)OO[PH](O)=S. The third-order valence-corrected chi connectivity index (χ3v) is 1.01. The Labute approximate surface area is 51.7 Å². The fraction of sp³-hybridized carbons (Fsp3) is 0. The van der Waals surface area contributed by atoms with Gasteiger partial charge in [0.05, 0.1) is 0 Å². The number of hydrogen-bond acceptors (Lipinski definition) is 4. The van der Waals surface area contributed by atoms with Crippen LogP contribution >= 0.6 is 15.4 Å². The van der Waals surface area contributed by atoms with Crippen LogP contribution in [0.5, 0.6) is 0 Å². The van der Waals surface area contributed by atoms with Gasteiger partial charge in [0.15, 0.2) is 0 Å². The lowest BCUT2D eigenvalue weighted by molar-refractivity contribution is -0.0946. The van der Waals surface area contributed by atoms with E-state index in [1.807, 2.05) is 0 Å². The summed E-state index contributed by atoms with van der Waals surface area (Å²) in [5.74, 6) is 0. The highest BCUT2D eigenvalue weighted by molar-refractivity contribution is 8.00. The molecule has 0 saturated heterocycles. The van der Waals surface area contributed by atoms with Crippen LogP contribution in [0.4, 0.5) is 0 Å². The van der Waals surface area contributed by atoms with Gasteiger partial charge in [-0.1, -0.05) is 0 Å². The van der Waals surface area contributed by atoms with Crippen LogP contribution < -0.4 is 0 Å². The molecule has 0 aliphatic carbocycles. The van der Waals surface area contributed by atoms with Gasteiger partial charge in [-0.2, -0.15) is 4.67 Å². The minimum absolute atomic E-state index is 2.40. The van der Waals surface area contributed by atoms with Crippen LogP contribution in [0.3, 0.4) is 0 Å². The van der Waals surface area contributed by atoms with Crippen molar-refractivity contribution >= 4 is 27.2 Å². The molecule has 0 aliphatic rings. The van der Waals surface area contributed by atoms with Gasteiger partial charge in [0.2, 0.25) is 7.15 Å². The van der Waals surface area contributed by atoms with Crippen molar-refractivity contribution in [3.8, 4) is 0 Å². The largest absolute Gasteiger partial charge is 0.345 e. The Hall–Kier alpha value is 0.720. The first-order valence-corrected chi connectivity index (χ1v) is 5.18. The molecular weight excluding hydrogens is 174 g/mol. The average Bonchev–Trinajstić information content (AvgIpc) is 1.61. The molecule has 0 saturated carbocycles. The van der Waals surface area contributed by atoms with Crippen molar-refractivity contribution in [2.24, 2.45) is 0 Å². The van der Waals surface area contributed by atoms with Gasteiger partial charge < -0.3 is 9.79 Å². The van der Waals surface area contributed by atoms with E-state index in [1.165, 1.54) is 0 Å². The third-order valence-electron chi connectivity index (χ3n) is 0.184. The zero-order valence-corrected chi connectivity index (χ0v) is 6.34. The van der Waals surface area contributed by atoms with Crippen LogP contribution in [0.1, 0.15) is 0 Å². The Bertz CT molecular complexity index is 95.0. The first kappa shape index (κ1) is 8.72. The maximum Gasteiger partial charge on any atom is 0.345 e. The van der Waals surface area contributed by atoms with Crippen LogP contribution in [0, 0.1) is 0 Å². The predicted octanol–water partition coefficient (Wildman–Crippen LogP) is -0.185. The highest BCUT2D eigenvalue weighted by Crippen LogP contribution is 2.24. The van der Waals surface area contributed by atoms with Gasteiger partial charge in [0, 0.05) is 0 Å². The van der Waals surface area contributed by atoms with Crippen molar-refractivity contribution in [2.75, 3.05) is 0 Å². The third kappa shape index (κ3) is 6.72. The van der Waals surface area contributed by atoms with Crippen LogP contribution in [0.15, 0.2) is 0 Å². The Morgan fingerprint density at radius 3 is 2.00 bits per heavy atom. The fourth-order valence-corrected chi connectivity index (χ4v) is 0.948. The lowest BCUT2D eigenvalue weighted by atomic mass is 14.9. The second kappa shape index (κ2) is 4.58. The molecule has 0 aromatic carbocycles. The van der Waals surface area contributed by atoms with Crippen LogP contribution in [0.25, 0.3) is 0 Å². The Balaban J connectivity index is 3.18. The molecule has 0 bridgehead atoms. The van der Waals surface area contributed by atoms with E-state index in [0.717, 1.165) is 0 Å². The molecule has 0 amide bonds. The van der Waals surface area contributed by atoms with Crippen molar-refractivity contribution in [1.82, 2.24) is 0 Å². The van der Waals surface area contributed by atoms with Crippen molar-refractivity contribution in [2.45, 2.75) is 0 Å². The topological polar surface area (TPSA) is 76.0 Å². The summed E-state index contributed by atoms with van der Waals surface area (Å²) in [6.45, 7) is 0. The molecule has 0 aromatic rings. The molecule has 0 fully saturated rings. The van der Waals surface area contributed by atoms with E-state index in [0.29, 0.717) is 0 Å². The van der Waals surface area contributed by atoms with Crippen LogP contribution in [-0.4, -0.2) is 9.79 Å². The molecule has 0 spiro atoms. The van der Waals surface area contributed by atoms with Crippen molar-refractivity contribution in [3.63, 3.8) is 0 Å². The molecular formula is H4O5P2S. The summed E-state index contributed by atoms with van der Waals surface area (Å²) >= 11 is 4.07. The summed E-state index contributed by atoms with van der Waals surface area (Å²) in [6, 6.07) is 0. The predicted molar refractivity (Wildman–Crippen MR) is 31.3 cm³/mol. The molecule has 0 aromatic heterocycles. The summed E-state index contributed by atoms with van der Waals surface area (Å²) in [5, 5.41) is 0. The lowest BCUT2D eigenvalue weighted by Crippen LogP contribution is -1.71. The van der Waals surface area contributed by atoms with Gasteiger partial charge in [-0.25, -0.2) is 0 Å². The molecule has 0 heterocycles. The van der Waals surface area contributed by atoms with E-state index in [-0.39, 0.29) is 0 Å². The zero-order chi connectivity index (χ0) is 6.57. The second-order valence-electron chi connectivity index (χ2n) is 0.698.